The number of hydrogen-bond acceptors (Lipinski definition) is 4. The van der Waals surface area contributed by atoms with E-state index in [-0.39, 0.29) is 11.8 Å². The second-order valence-electron chi connectivity index (χ2n) is 8.81. The number of rotatable bonds is 6. The summed E-state index contributed by atoms with van der Waals surface area (Å²) < 4.78 is 0. The lowest BCUT2D eigenvalue weighted by Crippen LogP contribution is -2.50. The molecule has 0 radical (unpaired) electrons. The monoisotopic (exact) mass is 406 g/mol. The summed E-state index contributed by atoms with van der Waals surface area (Å²) in [7, 11) is 0. The summed E-state index contributed by atoms with van der Waals surface area (Å²) in [5, 5.41) is 3.10. The molecule has 2 aliphatic heterocycles. The predicted molar refractivity (Wildman–Crippen MR) is 120 cm³/mol. The Morgan fingerprint density at radius 1 is 1.07 bits per heavy atom. The molecule has 4 rings (SSSR count). The molecule has 5 nitrogen and oxygen atoms in total. The van der Waals surface area contributed by atoms with E-state index in [2.05, 4.69) is 51.3 Å². The molecule has 0 saturated carbocycles. The first-order valence-electron chi connectivity index (χ1n) is 11.4. The number of amides is 1. The number of carbonyl (C=O) groups is 1. The largest absolute Gasteiger partial charge is 0.350 e. The first-order valence-corrected chi connectivity index (χ1v) is 11.4. The van der Waals surface area contributed by atoms with Gasteiger partial charge in [-0.3, -0.25) is 19.6 Å². The number of piperidine rings is 2. The Balaban J connectivity index is 1.24. The minimum absolute atomic E-state index is 0.104. The van der Waals surface area contributed by atoms with Crippen molar-refractivity contribution in [3.8, 4) is 0 Å². The summed E-state index contributed by atoms with van der Waals surface area (Å²) in [6, 6.07) is 15.1. The van der Waals surface area contributed by atoms with Crippen LogP contribution in [0.4, 0.5) is 0 Å². The molecule has 160 valence electrons. The van der Waals surface area contributed by atoms with E-state index < -0.39 is 0 Å². The van der Waals surface area contributed by atoms with E-state index in [0.29, 0.717) is 12.6 Å². The van der Waals surface area contributed by atoms with Gasteiger partial charge >= 0.3 is 0 Å². The van der Waals surface area contributed by atoms with Crippen molar-refractivity contribution in [2.75, 3.05) is 26.2 Å². The molecule has 1 atom stereocenters. The molecule has 0 spiro atoms. The SMILES string of the molecule is Cc1ccccc1CN1CCC(N2CCCC(C(=O)NCc3ccccn3)C2)CC1. The number of nitrogens with one attached hydrogen (secondary N) is 1. The lowest BCUT2D eigenvalue weighted by Gasteiger charge is -2.42. The topological polar surface area (TPSA) is 48.5 Å². The molecule has 2 aliphatic rings. The molecule has 2 fully saturated rings. The van der Waals surface area contributed by atoms with Crippen molar-refractivity contribution in [3.63, 3.8) is 0 Å². The molecule has 1 aromatic heterocycles. The van der Waals surface area contributed by atoms with Gasteiger partial charge in [0.05, 0.1) is 18.2 Å². The quantitative estimate of drug-likeness (QED) is 0.799. The third-order valence-corrected chi connectivity index (χ3v) is 6.72. The number of carbonyl (C=O) groups excluding carboxylic acids is 1. The maximum absolute atomic E-state index is 12.7. The number of aromatic nitrogens is 1. The average Bonchev–Trinajstić information content (AvgIpc) is 2.80. The molecule has 2 aromatic rings. The fraction of sp³-hybridized carbons (Fsp3) is 0.520. The van der Waals surface area contributed by atoms with Crippen LogP contribution in [0.5, 0.6) is 0 Å². The molecule has 0 bridgehead atoms. The van der Waals surface area contributed by atoms with Crippen molar-refractivity contribution in [1.29, 1.82) is 0 Å². The van der Waals surface area contributed by atoms with Crippen molar-refractivity contribution >= 4 is 5.91 Å². The van der Waals surface area contributed by atoms with Crippen LogP contribution < -0.4 is 5.32 Å². The summed E-state index contributed by atoms with van der Waals surface area (Å²) in [4.78, 5) is 22.2. The maximum Gasteiger partial charge on any atom is 0.224 e. The molecule has 0 aliphatic carbocycles. The first kappa shape index (κ1) is 21.0. The minimum atomic E-state index is 0.104. The van der Waals surface area contributed by atoms with Gasteiger partial charge in [-0.15, -0.1) is 0 Å². The van der Waals surface area contributed by atoms with Gasteiger partial charge in [0.25, 0.3) is 0 Å². The zero-order valence-electron chi connectivity index (χ0n) is 18.1. The minimum Gasteiger partial charge on any atom is -0.350 e. The zero-order valence-corrected chi connectivity index (χ0v) is 18.1. The van der Waals surface area contributed by atoms with Gasteiger partial charge < -0.3 is 5.32 Å². The van der Waals surface area contributed by atoms with E-state index in [9.17, 15) is 4.79 Å². The molecule has 1 N–H and O–H groups in total. The third-order valence-electron chi connectivity index (χ3n) is 6.72. The van der Waals surface area contributed by atoms with Crippen LogP contribution >= 0.6 is 0 Å². The first-order chi connectivity index (χ1) is 14.7. The summed E-state index contributed by atoms with van der Waals surface area (Å²) in [6.45, 7) is 8.10. The van der Waals surface area contributed by atoms with Gasteiger partial charge in [0.15, 0.2) is 0 Å². The highest BCUT2D eigenvalue weighted by molar-refractivity contribution is 5.78. The lowest BCUT2D eigenvalue weighted by molar-refractivity contribution is -0.127. The van der Waals surface area contributed by atoms with Gasteiger partial charge in [-0.1, -0.05) is 30.3 Å². The van der Waals surface area contributed by atoms with Gasteiger partial charge in [-0.05, 0) is 75.5 Å². The van der Waals surface area contributed by atoms with Crippen LogP contribution in [-0.4, -0.2) is 52.9 Å². The van der Waals surface area contributed by atoms with Gasteiger partial charge in [-0.25, -0.2) is 0 Å². The van der Waals surface area contributed by atoms with Gasteiger partial charge in [-0.2, -0.15) is 0 Å². The molecule has 2 saturated heterocycles. The molecule has 5 heteroatoms. The molecular formula is C25H34N4O. The second kappa shape index (κ2) is 10.2. The fourth-order valence-electron chi connectivity index (χ4n) is 4.85. The van der Waals surface area contributed by atoms with E-state index in [1.165, 1.54) is 24.0 Å². The third kappa shape index (κ3) is 5.46. The molecular weight excluding hydrogens is 372 g/mol. The van der Waals surface area contributed by atoms with Crippen LogP contribution in [0.25, 0.3) is 0 Å². The summed E-state index contributed by atoms with van der Waals surface area (Å²) >= 11 is 0. The Morgan fingerprint density at radius 2 is 1.87 bits per heavy atom. The maximum atomic E-state index is 12.7. The van der Waals surface area contributed by atoms with Crippen LogP contribution in [-0.2, 0) is 17.9 Å². The van der Waals surface area contributed by atoms with Crippen molar-refractivity contribution in [1.82, 2.24) is 20.1 Å². The lowest BCUT2D eigenvalue weighted by atomic mass is 9.93. The summed E-state index contributed by atoms with van der Waals surface area (Å²) in [5.74, 6) is 0.287. The predicted octanol–water partition coefficient (Wildman–Crippen LogP) is 3.38. The van der Waals surface area contributed by atoms with Crippen LogP contribution in [0.2, 0.25) is 0 Å². The second-order valence-corrected chi connectivity index (χ2v) is 8.81. The standard InChI is InChI=1S/C25H34N4O/c1-20-7-2-3-8-21(20)18-28-15-11-24(12-16-28)29-14-6-9-22(19-29)25(30)27-17-23-10-4-5-13-26-23/h2-5,7-8,10,13,22,24H,6,9,11-12,14-19H2,1H3,(H,27,30). The zero-order chi connectivity index (χ0) is 20.8. The highest BCUT2D eigenvalue weighted by Crippen LogP contribution is 2.25. The number of benzene rings is 1. The molecule has 1 amide bonds. The Morgan fingerprint density at radius 3 is 2.63 bits per heavy atom. The van der Waals surface area contributed by atoms with Crippen LogP contribution in [0.3, 0.4) is 0 Å². The van der Waals surface area contributed by atoms with Crippen molar-refractivity contribution in [3.05, 3.63) is 65.5 Å². The smallest absolute Gasteiger partial charge is 0.224 e. The van der Waals surface area contributed by atoms with Gasteiger partial charge in [0, 0.05) is 25.3 Å². The van der Waals surface area contributed by atoms with E-state index in [1.54, 1.807) is 6.20 Å². The van der Waals surface area contributed by atoms with Crippen molar-refractivity contribution in [2.24, 2.45) is 5.92 Å². The van der Waals surface area contributed by atoms with Crippen molar-refractivity contribution < 1.29 is 4.79 Å². The molecule has 3 heterocycles. The summed E-state index contributed by atoms with van der Waals surface area (Å²) in [6.07, 6.45) is 6.29. The van der Waals surface area contributed by atoms with Crippen LogP contribution in [0.1, 0.15) is 42.5 Å². The number of likely N-dealkylation sites (tertiary alicyclic amines) is 2. The molecule has 1 unspecified atom stereocenters. The van der Waals surface area contributed by atoms with E-state index in [1.807, 2.05) is 18.2 Å². The van der Waals surface area contributed by atoms with Gasteiger partial charge in [0.2, 0.25) is 5.91 Å². The Hall–Kier alpha value is -2.24. The highest BCUT2D eigenvalue weighted by atomic mass is 16.1. The Bertz CT molecular complexity index is 817. The number of aryl methyl sites for hydroxylation is 1. The van der Waals surface area contributed by atoms with Gasteiger partial charge in [0.1, 0.15) is 0 Å². The fourth-order valence-corrected chi connectivity index (χ4v) is 4.85. The number of nitrogens with zero attached hydrogens (tertiary/aromatic N) is 3. The van der Waals surface area contributed by atoms with E-state index in [4.69, 9.17) is 0 Å². The molecule has 1 aromatic carbocycles. The van der Waals surface area contributed by atoms with Crippen LogP contribution in [0, 0.1) is 12.8 Å². The highest BCUT2D eigenvalue weighted by Gasteiger charge is 2.31. The Labute approximate surface area is 180 Å². The number of pyridine rings is 1. The number of hydrogen-bond donors (Lipinski definition) is 1. The normalized spacial score (nSPS) is 21.4. The Kier molecular flexibility index (Phi) is 7.13. The van der Waals surface area contributed by atoms with Crippen LogP contribution in [0.15, 0.2) is 48.7 Å². The van der Waals surface area contributed by atoms with E-state index >= 15 is 0 Å². The van der Waals surface area contributed by atoms with E-state index in [0.717, 1.165) is 51.3 Å². The average molecular weight is 407 g/mol. The summed E-state index contributed by atoms with van der Waals surface area (Å²) in [5.41, 5.74) is 3.74. The molecule has 30 heavy (non-hydrogen) atoms. The van der Waals surface area contributed by atoms with Crippen molar-refractivity contribution in [2.45, 2.75) is 51.7 Å².